The number of aliphatic hydroxyl groups excluding tert-OH is 1. The topological polar surface area (TPSA) is 79.5 Å². The summed E-state index contributed by atoms with van der Waals surface area (Å²) in [5.41, 5.74) is 7.60. The molecular weight excluding hydrogens is 262 g/mol. The Labute approximate surface area is 115 Å². The largest absolute Gasteiger partial charge is 0.397 e. The van der Waals surface area contributed by atoms with Crippen LogP contribution in [0.3, 0.4) is 0 Å². The van der Waals surface area contributed by atoms with E-state index in [-0.39, 0.29) is 12.5 Å². The Morgan fingerprint density at radius 3 is 2.89 bits per heavy atom. The molecule has 2 heterocycles. The summed E-state index contributed by atoms with van der Waals surface area (Å²) in [5, 5.41) is 9.84. The third kappa shape index (κ3) is 2.41. The lowest BCUT2D eigenvalue weighted by atomic mass is 10.1. The molecule has 6 heteroatoms. The Bertz CT molecular complexity index is 609. The van der Waals surface area contributed by atoms with E-state index in [9.17, 15) is 4.79 Å². The van der Waals surface area contributed by atoms with Crippen LogP contribution in [-0.2, 0) is 0 Å². The zero-order valence-corrected chi connectivity index (χ0v) is 11.8. The van der Waals surface area contributed by atoms with Crippen molar-refractivity contribution in [3.05, 3.63) is 22.7 Å². The lowest BCUT2D eigenvalue weighted by Crippen LogP contribution is -2.33. The van der Waals surface area contributed by atoms with Gasteiger partial charge in [-0.1, -0.05) is 0 Å². The SMILES string of the molecule is CCN(CCO)C(=O)c1sc2nccc(C)c2c1N. The highest BCUT2D eigenvalue weighted by atomic mass is 32.1. The third-order valence-electron chi connectivity index (χ3n) is 3.07. The number of aromatic nitrogens is 1. The number of nitrogens with zero attached hydrogens (tertiary/aromatic N) is 2. The number of anilines is 1. The van der Waals surface area contributed by atoms with Crippen LogP contribution >= 0.6 is 11.3 Å². The highest BCUT2D eigenvalue weighted by Gasteiger charge is 2.22. The van der Waals surface area contributed by atoms with E-state index >= 15 is 0 Å². The number of rotatable bonds is 4. The maximum Gasteiger partial charge on any atom is 0.266 e. The van der Waals surface area contributed by atoms with Crippen LogP contribution in [-0.4, -0.2) is 40.6 Å². The molecule has 102 valence electrons. The number of aryl methyl sites for hydroxylation is 1. The fraction of sp³-hybridized carbons (Fsp3) is 0.385. The maximum absolute atomic E-state index is 12.4. The smallest absolute Gasteiger partial charge is 0.266 e. The monoisotopic (exact) mass is 279 g/mol. The highest BCUT2D eigenvalue weighted by molar-refractivity contribution is 7.21. The molecule has 0 aromatic carbocycles. The van der Waals surface area contributed by atoms with Crippen molar-refractivity contribution in [3.8, 4) is 0 Å². The molecule has 0 aliphatic rings. The molecule has 0 saturated carbocycles. The third-order valence-corrected chi connectivity index (χ3v) is 4.17. The first-order valence-electron chi connectivity index (χ1n) is 6.13. The highest BCUT2D eigenvalue weighted by Crippen LogP contribution is 2.34. The number of hydrogen-bond donors (Lipinski definition) is 2. The van der Waals surface area contributed by atoms with Crippen molar-refractivity contribution in [1.82, 2.24) is 9.88 Å². The summed E-state index contributed by atoms with van der Waals surface area (Å²) >= 11 is 1.31. The maximum atomic E-state index is 12.4. The normalized spacial score (nSPS) is 10.9. The second-order valence-electron chi connectivity index (χ2n) is 4.26. The molecule has 0 fully saturated rings. The molecular formula is C13H17N3O2S. The van der Waals surface area contributed by atoms with Crippen molar-refractivity contribution in [1.29, 1.82) is 0 Å². The molecule has 0 spiro atoms. The minimum atomic E-state index is -0.142. The van der Waals surface area contributed by atoms with Crippen molar-refractivity contribution in [2.75, 3.05) is 25.4 Å². The van der Waals surface area contributed by atoms with Gasteiger partial charge in [0, 0.05) is 24.7 Å². The van der Waals surface area contributed by atoms with E-state index in [4.69, 9.17) is 10.8 Å². The lowest BCUT2D eigenvalue weighted by Gasteiger charge is -2.18. The minimum Gasteiger partial charge on any atom is -0.397 e. The molecule has 2 rings (SSSR count). The predicted molar refractivity (Wildman–Crippen MR) is 77.4 cm³/mol. The molecule has 0 aliphatic heterocycles. The van der Waals surface area contributed by atoms with Crippen LogP contribution in [0.1, 0.15) is 22.2 Å². The van der Waals surface area contributed by atoms with Gasteiger partial charge in [-0.25, -0.2) is 4.98 Å². The summed E-state index contributed by atoms with van der Waals surface area (Å²) in [6.45, 7) is 4.63. The van der Waals surface area contributed by atoms with Gasteiger partial charge in [-0.3, -0.25) is 4.79 Å². The Hall–Kier alpha value is -1.66. The lowest BCUT2D eigenvalue weighted by molar-refractivity contribution is 0.0738. The summed E-state index contributed by atoms with van der Waals surface area (Å²) in [7, 11) is 0. The molecule has 0 unspecified atom stereocenters. The number of likely N-dealkylation sites (N-methyl/N-ethyl adjacent to an activating group) is 1. The van der Waals surface area contributed by atoms with Crippen LogP contribution in [0.4, 0.5) is 5.69 Å². The number of fused-ring (bicyclic) bond motifs is 1. The first-order valence-corrected chi connectivity index (χ1v) is 6.95. The summed E-state index contributed by atoms with van der Waals surface area (Å²) in [6.07, 6.45) is 1.72. The number of carbonyl (C=O) groups is 1. The number of nitrogen functional groups attached to an aromatic ring is 1. The zero-order valence-electron chi connectivity index (χ0n) is 11.0. The van der Waals surface area contributed by atoms with E-state index in [1.165, 1.54) is 11.3 Å². The van der Waals surface area contributed by atoms with Crippen LogP contribution in [0, 0.1) is 6.92 Å². The second kappa shape index (κ2) is 5.54. The summed E-state index contributed by atoms with van der Waals surface area (Å²) in [5.74, 6) is -0.142. The first kappa shape index (κ1) is 13.8. The number of amides is 1. The summed E-state index contributed by atoms with van der Waals surface area (Å²) in [4.78, 5) is 19.5. The van der Waals surface area contributed by atoms with Crippen LogP contribution < -0.4 is 5.73 Å². The van der Waals surface area contributed by atoms with Crippen LogP contribution in [0.15, 0.2) is 12.3 Å². The van der Waals surface area contributed by atoms with Gasteiger partial charge in [-0.2, -0.15) is 0 Å². The van der Waals surface area contributed by atoms with Crippen LogP contribution in [0.2, 0.25) is 0 Å². The molecule has 19 heavy (non-hydrogen) atoms. The average Bonchev–Trinajstić information content (AvgIpc) is 2.74. The molecule has 0 saturated heterocycles. The predicted octanol–water partition coefficient (Wildman–Crippen LogP) is 1.64. The van der Waals surface area contributed by atoms with Gasteiger partial charge in [0.1, 0.15) is 9.71 Å². The number of nitrogens with two attached hydrogens (primary N) is 1. The van der Waals surface area contributed by atoms with Gasteiger partial charge in [0.15, 0.2) is 0 Å². The van der Waals surface area contributed by atoms with E-state index in [1.54, 1.807) is 11.1 Å². The number of carbonyl (C=O) groups excluding carboxylic acids is 1. The van der Waals surface area contributed by atoms with Crippen molar-refractivity contribution >= 4 is 33.1 Å². The number of aliphatic hydroxyl groups is 1. The molecule has 3 N–H and O–H groups in total. The molecule has 5 nitrogen and oxygen atoms in total. The number of hydrogen-bond acceptors (Lipinski definition) is 5. The van der Waals surface area contributed by atoms with Gasteiger partial charge in [-0.15, -0.1) is 11.3 Å². The number of thiophene rings is 1. The van der Waals surface area contributed by atoms with Gasteiger partial charge < -0.3 is 15.7 Å². The fourth-order valence-corrected chi connectivity index (χ4v) is 3.14. The quantitative estimate of drug-likeness (QED) is 0.891. The minimum absolute atomic E-state index is 0.0539. The van der Waals surface area contributed by atoms with E-state index in [1.807, 2.05) is 19.9 Å². The van der Waals surface area contributed by atoms with E-state index in [0.717, 1.165) is 15.8 Å². The average molecular weight is 279 g/mol. The molecule has 1 amide bonds. The van der Waals surface area contributed by atoms with Crippen LogP contribution in [0.25, 0.3) is 10.2 Å². The van der Waals surface area contributed by atoms with Crippen LogP contribution in [0.5, 0.6) is 0 Å². The van der Waals surface area contributed by atoms with E-state index in [2.05, 4.69) is 4.98 Å². The number of pyridine rings is 1. The summed E-state index contributed by atoms with van der Waals surface area (Å²) < 4.78 is 0. The Balaban J connectivity index is 2.48. The van der Waals surface area contributed by atoms with Gasteiger partial charge in [0.2, 0.25) is 0 Å². The Morgan fingerprint density at radius 2 is 2.32 bits per heavy atom. The Morgan fingerprint density at radius 1 is 1.58 bits per heavy atom. The van der Waals surface area contributed by atoms with E-state index < -0.39 is 0 Å². The molecule has 2 aromatic heterocycles. The van der Waals surface area contributed by atoms with Crippen molar-refractivity contribution in [3.63, 3.8) is 0 Å². The van der Waals surface area contributed by atoms with Gasteiger partial charge in [0.05, 0.1) is 12.3 Å². The standard InChI is InChI=1S/C13H17N3O2S/c1-3-16(6-7-17)13(18)11-10(14)9-8(2)4-5-15-12(9)19-11/h4-5,17H,3,6-7,14H2,1-2H3. The molecule has 0 bridgehead atoms. The van der Waals surface area contributed by atoms with E-state index in [0.29, 0.717) is 23.7 Å². The molecule has 0 aliphatic carbocycles. The first-order chi connectivity index (χ1) is 9.10. The summed E-state index contributed by atoms with van der Waals surface area (Å²) in [6, 6.07) is 1.88. The fourth-order valence-electron chi connectivity index (χ4n) is 2.03. The van der Waals surface area contributed by atoms with Crippen molar-refractivity contribution < 1.29 is 9.90 Å². The second-order valence-corrected chi connectivity index (χ2v) is 5.26. The Kier molecular flexibility index (Phi) is 4.01. The molecule has 0 atom stereocenters. The van der Waals surface area contributed by atoms with Crippen molar-refractivity contribution in [2.45, 2.75) is 13.8 Å². The van der Waals surface area contributed by atoms with Gasteiger partial charge in [0.25, 0.3) is 5.91 Å². The molecule has 0 radical (unpaired) electrons. The van der Waals surface area contributed by atoms with Crippen molar-refractivity contribution in [2.24, 2.45) is 0 Å². The molecule has 2 aromatic rings. The zero-order chi connectivity index (χ0) is 14.0. The van der Waals surface area contributed by atoms with Gasteiger partial charge >= 0.3 is 0 Å². The van der Waals surface area contributed by atoms with Gasteiger partial charge in [-0.05, 0) is 25.5 Å².